The van der Waals surface area contributed by atoms with Crippen molar-refractivity contribution in [2.45, 2.75) is 63.4 Å². The maximum absolute atomic E-state index is 13.2. The van der Waals surface area contributed by atoms with Gasteiger partial charge in [-0.05, 0) is 24.0 Å². The summed E-state index contributed by atoms with van der Waals surface area (Å²) >= 11 is 0. The zero-order chi connectivity index (χ0) is 29.1. The van der Waals surface area contributed by atoms with E-state index in [2.05, 4.69) is 20.9 Å². The van der Waals surface area contributed by atoms with Crippen LogP contribution in [0, 0.1) is 5.92 Å². The van der Waals surface area contributed by atoms with Gasteiger partial charge in [-0.25, -0.2) is 4.79 Å². The zero-order valence-electron chi connectivity index (χ0n) is 22.3. The van der Waals surface area contributed by atoms with Crippen molar-refractivity contribution in [1.82, 2.24) is 20.9 Å². The number of esters is 1. The minimum absolute atomic E-state index is 0.0447. The molecule has 0 saturated carbocycles. The quantitative estimate of drug-likeness (QED) is 0.120. The summed E-state index contributed by atoms with van der Waals surface area (Å²) in [5.74, 6) is -3.02. The number of H-pyrrole nitrogens is 1. The summed E-state index contributed by atoms with van der Waals surface area (Å²) in [6.07, 6.45) is -0.230. The van der Waals surface area contributed by atoms with Crippen LogP contribution in [0.1, 0.15) is 32.3 Å². The number of hydrogen-bond acceptors (Lipinski definition) is 9. The molecule has 3 amide bonds. The highest BCUT2D eigenvalue weighted by atomic mass is 16.5. The molecule has 0 bridgehead atoms. The molecule has 0 saturated heterocycles. The fourth-order valence-electron chi connectivity index (χ4n) is 4.04. The number of aromatic amines is 1. The van der Waals surface area contributed by atoms with E-state index in [0.717, 1.165) is 16.5 Å². The van der Waals surface area contributed by atoms with E-state index in [1.54, 1.807) is 6.20 Å². The number of fused-ring (bicyclic) bond motifs is 1. The van der Waals surface area contributed by atoms with Gasteiger partial charge in [0.25, 0.3) is 5.91 Å². The molecule has 1 heterocycles. The lowest BCUT2D eigenvalue weighted by Gasteiger charge is -2.25. The fourth-order valence-corrected chi connectivity index (χ4v) is 4.04. The molecule has 13 heteroatoms. The number of aliphatic hydroxyl groups excluding tert-OH is 3. The highest BCUT2D eigenvalue weighted by molar-refractivity contribution is 5.93. The molecule has 0 radical (unpaired) electrons. The van der Waals surface area contributed by atoms with E-state index < -0.39 is 73.6 Å². The maximum atomic E-state index is 13.2. The van der Waals surface area contributed by atoms with Crippen LogP contribution in [0.4, 0.5) is 0 Å². The third-order valence-corrected chi connectivity index (χ3v) is 6.14. The first-order valence-corrected chi connectivity index (χ1v) is 12.7. The number of carbonyl (C=O) groups is 4. The summed E-state index contributed by atoms with van der Waals surface area (Å²) in [6.45, 7) is 2.67. The van der Waals surface area contributed by atoms with E-state index in [4.69, 9.17) is 20.7 Å². The molecule has 2 rings (SSSR count). The molecule has 0 aliphatic heterocycles. The second-order valence-electron chi connectivity index (χ2n) is 9.78. The minimum Gasteiger partial charge on any atom is -0.467 e. The Morgan fingerprint density at radius 2 is 1.64 bits per heavy atom. The summed E-state index contributed by atoms with van der Waals surface area (Å²) in [5.41, 5.74) is 7.49. The monoisotopic (exact) mass is 549 g/mol. The van der Waals surface area contributed by atoms with Gasteiger partial charge < -0.3 is 46.7 Å². The Labute approximate surface area is 226 Å². The SMILES string of the molecule is COC(=O)[C@H](Cc1c[nH]c2ccccc12)NC(=O)[C@H](CC(C)C)NC(=O)[C@@H](O)[C@H](N)CC(=O)NC(CO)CO. The van der Waals surface area contributed by atoms with Gasteiger partial charge in [-0.15, -0.1) is 0 Å². The summed E-state index contributed by atoms with van der Waals surface area (Å²) in [7, 11) is 1.21. The number of methoxy groups -OCH3 is 1. The van der Waals surface area contributed by atoms with Gasteiger partial charge in [-0.3, -0.25) is 14.4 Å². The second kappa shape index (κ2) is 15.2. The van der Waals surface area contributed by atoms with Gasteiger partial charge in [0, 0.05) is 36.0 Å². The van der Waals surface area contributed by atoms with Crippen LogP contribution in [0.3, 0.4) is 0 Å². The Morgan fingerprint density at radius 3 is 2.26 bits per heavy atom. The molecule has 0 aliphatic rings. The second-order valence-corrected chi connectivity index (χ2v) is 9.78. The molecule has 4 atom stereocenters. The number of nitrogens with one attached hydrogen (secondary N) is 4. The number of aliphatic hydroxyl groups is 3. The van der Waals surface area contributed by atoms with Crippen molar-refractivity contribution in [2.24, 2.45) is 11.7 Å². The highest BCUT2D eigenvalue weighted by Crippen LogP contribution is 2.19. The number of aromatic nitrogens is 1. The third kappa shape index (κ3) is 9.32. The molecule has 9 N–H and O–H groups in total. The summed E-state index contributed by atoms with van der Waals surface area (Å²) in [6, 6.07) is 3.11. The Kier molecular flexibility index (Phi) is 12.3. The van der Waals surface area contributed by atoms with Crippen LogP contribution in [0.2, 0.25) is 0 Å². The van der Waals surface area contributed by atoms with Crippen LogP contribution in [-0.4, -0.2) is 94.6 Å². The lowest BCUT2D eigenvalue weighted by molar-refractivity contribution is -0.145. The number of hydrogen-bond donors (Lipinski definition) is 8. The predicted molar refractivity (Wildman–Crippen MR) is 142 cm³/mol. The summed E-state index contributed by atoms with van der Waals surface area (Å²) in [5, 5.41) is 36.9. The smallest absolute Gasteiger partial charge is 0.328 e. The van der Waals surface area contributed by atoms with E-state index in [0.29, 0.717) is 0 Å². The van der Waals surface area contributed by atoms with Gasteiger partial charge >= 0.3 is 5.97 Å². The molecule has 39 heavy (non-hydrogen) atoms. The van der Waals surface area contributed by atoms with E-state index in [1.807, 2.05) is 38.1 Å². The summed E-state index contributed by atoms with van der Waals surface area (Å²) < 4.78 is 4.89. The van der Waals surface area contributed by atoms with E-state index in [-0.39, 0.29) is 18.8 Å². The van der Waals surface area contributed by atoms with Crippen LogP contribution in [-0.2, 0) is 30.3 Å². The first kappa shape index (κ1) is 31.7. The molecule has 13 nitrogen and oxygen atoms in total. The normalized spacial score (nSPS) is 14.5. The lowest BCUT2D eigenvalue weighted by atomic mass is 10.00. The molecule has 1 aromatic heterocycles. The van der Waals surface area contributed by atoms with Gasteiger partial charge in [0.1, 0.15) is 18.2 Å². The number of carbonyl (C=O) groups excluding carboxylic acids is 4. The maximum Gasteiger partial charge on any atom is 0.328 e. The van der Waals surface area contributed by atoms with Gasteiger partial charge in [-0.2, -0.15) is 0 Å². The molecule has 1 aromatic carbocycles. The number of nitrogens with two attached hydrogens (primary N) is 1. The molecule has 0 aliphatic carbocycles. The van der Waals surface area contributed by atoms with Crippen LogP contribution >= 0.6 is 0 Å². The van der Waals surface area contributed by atoms with Crippen molar-refractivity contribution >= 4 is 34.6 Å². The predicted octanol–water partition coefficient (Wildman–Crippen LogP) is -1.55. The van der Waals surface area contributed by atoms with E-state index in [9.17, 15) is 24.3 Å². The molecular weight excluding hydrogens is 510 g/mol. The Bertz CT molecular complexity index is 1120. The van der Waals surface area contributed by atoms with Crippen LogP contribution in [0.15, 0.2) is 30.5 Å². The average Bonchev–Trinajstić information content (AvgIpc) is 3.32. The Hall–Kier alpha value is -3.52. The molecule has 216 valence electrons. The van der Waals surface area contributed by atoms with Crippen molar-refractivity contribution in [1.29, 1.82) is 0 Å². The van der Waals surface area contributed by atoms with Crippen molar-refractivity contribution in [3.8, 4) is 0 Å². The molecular formula is C26H39N5O8. The number of para-hydroxylation sites is 1. The highest BCUT2D eigenvalue weighted by Gasteiger charge is 2.32. The summed E-state index contributed by atoms with van der Waals surface area (Å²) in [4.78, 5) is 53.7. The van der Waals surface area contributed by atoms with Crippen LogP contribution < -0.4 is 21.7 Å². The topological polar surface area (TPSA) is 216 Å². The Balaban J connectivity index is 2.10. The van der Waals surface area contributed by atoms with Crippen LogP contribution in [0.25, 0.3) is 10.9 Å². The number of rotatable bonds is 15. The fraction of sp³-hybridized carbons (Fsp3) is 0.538. The first-order valence-electron chi connectivity index (χ1n) is 12.7. The third-order valence-electron chi connectivity index (χ3n) is 6.14. The van der Waals surface area contributed by atoms with Gasteiger partial charge in [0.2, 0.25) is 11.8 Å². The van der Waals surface area contributed by atoms with Gasteiger partial charge in [0.05, 0.1) is 26.4 Å². The average molecular weight is 550 g/mol. The Morgan fingerprint density at radius 1 is 1.00 bits per heavy atom. The number of amides is 3. The van der Waals surface area contributed by atoms with Crippen molar-refractivity contribution in [3.63, 3.8) is 0 Å². The minimum atomic E-state index is -1.83. The largest absolute Gasteiger partial charge is 0.467 e. The standard InChI is InChI=1S/C26H39N5O8/c1-14(2)8-20(30-25(37)23(35)18(27)10-22(34)29-16(12-32)13-33)24(36)31-21(26(38)39-3)9-15-11-28-19-7-5-4-6-17(15)19/h4-7,11,14,16,18,20-21,23,28,32-33,35H,8-10,12-13,27H2,1-3H3,(H,29,34)(H,30,37)(H,31,36)/t18-,20+,21+,23+/m1/s1. The number of benzene rings is 1. The first-order chi connectivity index (χ1) is 18.5. The van der Waals surface area contributed by atoms with E-state index >= 15 is 0 Å². The lowest BCUT2D eigenvalue weighted by Crippen LogP contribution is -2.56. The van der Waals surface area contributed by atoms with Crippen molar-refractivity contribution < 1.29 is 39.2 Å². The van der Waals surface area contributed by atoms with Gasteiger partial charge in [0.15, 0.2) is 0 Å². The van der Waals surface area contributed by atoms with Crippen molar-refractivity contribution in [2.75, 3.05) is 20.3 Å². The molecule has 0 unspecified atom stereocenters. The molecule has 0 fully saturated rings. The molecule has 2 aromatic rings. The van der Waals surface area contributed by atoms with Crippen molar-refractivity contribution in [3.05, 3.63) is 36.0 Å². The molecule has 0 spiro atoms. The van der Waals surface area contributed by atoms with Crippen LogP contribution in [0.5, 0.6) is 0 Å². The zero-order valence-corrected chi connectivity index (χ0v) is 22.3. The number of ether oxygens (including phenoxy) is 1. The van der Waals surface area contributed by atoms with E-state index in [1.165, 1.54) is 7.11 Å². The van der Waals surface area contributed by atoms with Gasteiger partial charge in [-0.1, -0.05) is 32.0 Å².